The second-order valence-corrected chi connectivity index (χ2v) is 5.82. The lowest BCUT2D eigenvalue weighted by atomic mass is 9.79. The van der Waals surface area contributed by atoms with Gasteiger partial charge in [0.15, 0.2) is 0 Å². The second-order valence-electron chi connectivity index (χ2n) is 5.82. The minimum atomic E-state index is 0.559. The summed E-state index contributed by atoms with van der Waals surface area (Å²) in [5, 5.41) is 3.77. The smallest absolute Gasteiger partial charge is 0.122 e. The average molecular weight is 245 g/mol. The molecule has 3 rings (SSSR count). The molecule has 98 valence electrons. The number of benzene rings is 1. The fourth-order valence-corrected chi connectivity index (χ4v) is 3.18. The van der Waals surface area contributed by atoms with Crippen LogP contribution in [0.15, 0.2) is 18.2 Å². The number of nitrogens with one attached hydrogen (secondary N) is 1. The lowest BCUT2D eigenvalue weighted by Crippen LogP contribution is -2.38. The summed E-state index contributed by atoms with van der Waals surface area (Å²) in [7, 11) is 1.78. The van der Waals surface area contributed by atoms with Crippen molar-refractivity contribution in [3.05, 3.63) is 29.3 Å². The maximum absolute atomic E-state index is 5.54. The Morgan fingerprint density at radius 2 is 2.11 bits per heavy atom. The van der Waals surface area contributed by atoms with Crippen molar-refractivity contribution in [3.8, 4) is 5.75 Å². The van der Waals surface area contributed by atoms with Crippen LogP contribution in [0.1, 0.15) is 43.2 Å². The van der Waals surface area contributed by atoms with E-state index in [4.69, 9.17) is 4.74 Å². The van der Waals surface area contributed by atoms with Crippen LogP contribution >= 0.6 is 0 Å². The SMILES string of the molecule is COc1cccc2c1C(C)C(NCC1CC1)CC2. The van der Waals surface area contributed by atoms with E-state index >= 15 is 0 Å². The summed E-state index contributed by atoms with van der Waals surface area (Å²) >= 11 is 0. The number of fused-ring (bicyclic) bond motifs is 1. The zero-order chi connectivity index (χ0) is 12.5. The van der Waals surface area contributed by atoms with E-state index in [2.05, 4.69) is 30.4 Å². The molecule has 1 saturated carbocycles. The van der Waals surface area contributed by atoms with Gasteiger partial charge in [0, 0.05) is 17.5 Å². The largest absolute Gasteiger partial charge is 0.496 e. The third-order valence-electron chi connectivity index (χ3n) is 4.53. The summed E-state index contributed by atoms with van der Waals surface area (Å²) in [6.45, 7) is 3.55. The van der Waals surface area contributed by atoms with E-state index in [1.165, 1.54) is 43.4 Å². The molecule has 2 atom stereocenters. The lowest BCUT2D eigenvalue weighted by Gasteiger charge is -2.33. The first-order valence-corrected chi connectivity index (χ1v) is 7.18. The van der Waals surface area contributed by atoms with Gasteiger partial charge in [0.25, 0.3) is 0 Å². The van der Waals surface area contributed by atoms with Crippen LogP contribution in [0.25, 0.3) is 0 Å². The molecule has 1 aromatic carbocycles. The van der Waals surface area contributed by atoms with Crippen molar-refractivity contribution >= 4 is 0 Å². The van der Waals surface area contributed by atoms with Crippen LogP contribution in [0.3, 0.4) is 0 Å². The topological polar surface area (TPSA) is 21.3 Å². The molecule has 0 heterocycles. The standard InChI is InChI=1S/C16H23NO/c1-11-14(17-10-12-6-7-12)9-8-13-4-3-5-15(18-2)16(11)13/h3-5,11-12,14,17H,6-10H2,1-2H3. The van der Waals surface area contributed by atoms with Gasteiger partial charge in [-0.05, 0) is 49.8 Å². The van der Waals surface area contributed by atoms with Gasteiger partial charge in [-0.3, -0.25) is 0 Å². The van der Waals surface area contributed by atoms with Gasteiger partial charge in [0.1, 0.15) is 5.75 Å². The summed E-state index contributed by atoms with van der Waals surface area (Å²) < 4.78 is 5.54. The van der Waals surface area contributed by atoms with Gasteiger partial charge in [0.05, 0.1) is 7.11 Å². The molecule has 2 heteroatoms. The summed E-state index contributed by atoms with van der Waals surface area (Å²) in [5.74, 6) is 2.58. The molecule has 2 aliphatic rings. The average Bonchev–Trinajstić information content (AvgIpc) is 3.21. The Hall–Kier alpha value is -1.02. The first-order valence-electron chi connectivity index (χ1n) is 7.18. The molecule has 0 saturated heterocycles. The van der Waals surface area contributed by atoms with Crippen LogP contribution in [0.2, 0.25) is 0 Å². The normalized spacial score (nSPS) is 26.8. The third kappa shape index (κ3) is 2.26. The van der Waals surface area contributed by atoms with E-state index in [1.807, 2.05) is 0 Å². The molecular weight excluding hydrogens is 222 g/mol. The fraction of sp³-hybridized carbons (Fsp3) is 0.625. The number of ether oxygens (including phenoxy) is 1. The van der Waals surface area contributed by atoms with Crippen molar-refractivity contribution in [1.82, 2.24) is 5.32 Å². The molecule has 0 aromatic heterocycles. The minimum absolute atomic E-state index is 0.559. The molecule has 1 fully saturated rings. The lowest BCUT2D eigenvalue weighted by molar-refractivity contribution is 0.366. The van der Waals surface area contributed by atoms with Gasteiger partial charge < -0.3 is 10.1 Å². The van der Waals surface area contributed by atoms with Crippen LogP contribution < -0.4 is 10.1 Å². The van der Waals surface area contributed by atoms with Gasteiger partial charge in [-0.15, -0.1) is 0 Å². The van der Waals surface area contributed by atoms with Crippen LogP contribution in [-0.2, 0) is 6.42 Å². The highest BCUT2D eigenvalue weighted by atomic mass is 16.5. The molecule has 18 heavy (non-hydrogen) atoms. The molecule has 1 N–H and O–H groups in total. The Morgan fingerprint density at radius 3 is 2.83 bits per heavy atom. The van der Waals surface area contributed by atoms with E-state index in [0.717, 1.165) is 11.7 Å². The number of methoxy groups -OCH3 is 1. The Morgan fingerprint density at radius 1 is 1.28 bits per heavy atom. The third-order valence-corrected chi connectivity index (χ3v) is 4.53. The van der Waals surface area contributed by atoms with E-state index in [1.54, 1.807) is 7.11 Å². The van der Waals surface area contributed by atoms with Gasteiger partial charge in [-0.1, -0.05) is 19.1 Å². The van der Waals surface area contributed by atoms with E-state index < -0.39 is 0 Å². The van der Waals surface area contributed by atoms with Crippen molar-refractivity contribution in [1.29, 1.82) is 0 Å². The van der Waals surface area contributed by atoms with E-state index in [9.17, 15) is 0 Å². The Kier molecular flexibility index (Phi) is 3.29. The quantitative estimate of drug-likeness (QED) is 0.880. The molecule has 2 nitrogen and oxygen atoms in total. The van der Waals surface area contributed by atoms with E-state index in [0.29, 0.717) is 12.0 Å². The first kappa shape index (κ1) is 12.0. The summed E-state index contributed by atoms with van der Waals surface area (Å²) in [4.78, 5) is 0. The highest BCUT2D eigenvalue weighted by molar-refractivity contribution is 5.45. The van der Waals surface area contributed by atoms with Gasteiger partial charge >= 0.3 is 0 Å². The molecule has 0 spiro atoms. The molecule has 2 unspecified atom stereocenters. The molecule has 0 aliphatic heterocycles. The summed E-state index contributed by atoms with van der Waals surface area (Å²) in [6.07, 6.45) is 5.29. The Balaban J connectivity index is 1.78. The van der Waals surface area contributed by atoms with Gasteiger partial charge in [-0.25, -0.2) is 0 Å². The van der Waals surface area contributed by atoms with Crippen molar-refractivity contribution < 1.29 is 4.74 Å². The predicted octanol–water partition coefficient (Wildman–Crippen LogP) is 3.11. The van der Waals surface area contributed by atoms with Crippen LogP contribution in [0, 0.1) is 5.92 Å². The second kappa shape index (κ2) is 4.93. The molecule has 0 bridgehead atoms. The van der Waals surface area contributed by atoms with Gasteiger partial charge in [-0.2, -0.15) is 0 Å². The number of aryl methyl sites for hydroxylation is 1. The molecule has 0 radical (unpaired) electrons. The maximum Gasteiger partial charge on any atom is 0.122 e. The Bertz CT molecular complexity index is 411. The number of rotatable bonds is 4. The molecule has 0 amide bonds. The minimum Gasteiger partial charge on any atom is -0.496 e. The van der Waals surface area contributed by atoms with Gasteiger partial charge in [0.2, 0.25) is 0 Å². The monoisotopic (exact) mass is 245 g/mol. The van der Waals surface area contributed by atoms with Crippen molar-refractivity contribution in [2.24, 2.45) is 5.92 Å². The maximum atomic E-state index is 5.54. The van der Waals surface area contributed by atoms with Crippen molar-refractivity contribution in [2.75, 3.05) is 13.7 Å². The van der Waals surface area contributed by atoms with Crippen molar-refractivity contribution in [3.63, 3.8) is 0 Å². The highest BCUT2D eigenvalue weighted by Gasteiger charge is 2.30. The zero-order valence-electron chi connectivity index (χ0n) is 11.4. The first-order chi connectivity index (χ1) is 8.79. The van der Waals surface area contributed by atoms with Crippen molar-refractivity contribution in [2.45, 2.75) is 44.6 Å². The summed E-state index contributed by atoms with van der Waals surface area (Å²) in [5.41, 5.74) is 2.91. The van der Waals surface area contributed by atoms with E-state index in [-0.39, 0.29) is 0 Å². The number of hydrogen-bond donors (Lipinski definition) is 1. The molecule has 1 aromatic rings. The Labute approximate surface area is 110 Å². The van der Waals surface area contributed by atoms with Crippen LogP contribution in [0.4, 0.5) is 0 Å². The fourth-order valence-electron chi connectivity index (χ4n) is 3.18. The zero-order valence-corrected chi connectivity index (χ0v) is 11.4. The number of hydrogen-bond acceptors (Lipinski definition) is 2. The molecule has 2 aliphatic carbocycles. The summed E-state index contributed by atoms with van der Waals surface area (Å²) in [6, 6.07) is 7.08. The predicted molar refractivity (Wildman–Crippen MR) is 74.2 cm³/mol. The highest BCUT2D eigenvalue weighted by Crippen LogP contribution is 2.38. The van der Waals surface area contributed by atoms with Crippen LogP contribution in [-0.4, -0.2) is 19.7 Å². The molecular formula is C16H23NO. The van der Waals surface area contributed by atoms with Crippen LogP contribution in [0.5, 0.6) is 5.75 Å².